The number of rotatable bonds is 3. The second-order valence-electron chi connectivity index (χ2n) is 3.24. The Kier molecular flexibility index (Phi) is 3.48. The fourth-order valence-electron chi connectivity index (χ4n) is 1.33. The van der Waals surface area contributed by atoms with Gasteiger partial charge in [0.15, 0.2) is 0 Å². The fraction of sp³-hybridized carbons (Fsp3) is 0.333. The maximum atomic E-state index is 12.1. The molecule has 0 unspecified atom stereocenters. The van der Waals surface area contributed by atoms with E-state index in [2.05, 4.69) is 0 Å². The number of nitrogens with zero attached hydrogens (tertiary/aromatic N) is 1. The minimum absolute atomic E-state index is 0.107. The largest absolute Gasteiger partial charge is 0.390 e. The zero-order valence-electron chi connectivity index (χ0n) is 8.07. The Morgan fingerprint density at radius 2 is 1.94 bits per heavy atom. The molecule has 0 aliphatic carbocycles. The van der Waals surface area contributed by atoms with Crippen LogP contribution < -0.4 is 5.73 Å². The van der Waals surface area contributed by atoms with Crippen molar-refractivity contribution >= 4 is 5.69 Å². The molecule has 1 atom stereocenters. The van der Waals surface area contributed by atoms with Gasteiger partial charge in [-0.1, -0.05) is 18.2 Å². The molecule has 0 aliphatic rings. The van der Waals surface area contributed by atoms with E-state index in [0.717, 1.165) is 6.07 Å². The van der Waals surface area contributed by atoms with Crippen LogP contribution in [0.1, 0.15) is 18.0 Å². The molecule has 0 fully saturated rings. The highest BCUT2D eigenvalue weighted by Gasteiger charge is 2.33. The van der Waals surface area contributed by atoms with Gasteiger partial charge in [-0.05, 0) is 0 Å². The first kappa shape index (κ1) is 12.4. The number of hydrogen-bond acceptors (Lipinski definition) is 3. The van der Waals surface area contributed by atoms with Crippen LogP contribution in [0.2, 0.25) is 0 Å². The maximum Gasteiger partial charge on any atom is 0.390 e. The van der Waals surface area contributed by atoms with Crippen LogP contribution in [0.4, 0.5) is 18.9 Å². The average molecular weight is 234 g/mol. The third-order valence-corrected chi connectivity index (χ3v) is 1.98. The molecule has 0 amide bonds. The summed E-state index contributed by atoms with van der Waals surface area (Å²) in [5.41, 5.74) is 4.80. The van der Waals surface area contributed by atoms with Gasteiger partial charge in [-0.15, -0.1) is 0 Å². The molecule has 4 nitrogen and oxygen atoms in total. The molecule has 0 heterocycles. The first-order valence-corrected chi connectivity index (χ1v) is 4.37. The zero-order chi connectivity index (χ0) is 12.3. The van der Waals surface area contributed by atoms with E-state index in [1.165, 1.54) is 18.2 Å². The highest BCUT2D eigenvalue weighted by atomic mass is 19.4. The summed E-state index contributed by atoms with van der Waals surface area (Å²) in [6.07, 6.45) is -5.72. The van der Waals surface area contributed by atoms with Crippen molar-refractivity contribution in [1.82, 2.24) is 0 Å². The van der Waals surface area contributed by atoms with Crippen LogP contribution in [0, 0.1) is 10.1 Å². The van der Waals surface area contributed by atoms with E-state index >= 15 is 0 Å². The molecule has 0 saturated carbocycles. The topological polar surface area (TPSA) is 69.2 Å². The van der Waals surface area contributed by atoms with Gasteiger partial charge in [-0.25, -0.2) is 0 Å². The Labute approximate surface area is 89.0 Å². The molecule has 0 spiro atoms. The number of alkyl halides is 3. The predicted molar refractivity (Wildman–Crippen MR) is 50.7 cm³/mol. The van der Waals surface area contributed by atoms with Crippen molar-refractivity contribution in [2.75, 3.05) is 0 Å². The van der Waals surface area contributed by atoms with Gasteiger partial charge in [-0.2, -0.15) is 13.2 Å². The highest BCUT2D eigenvalue weighted by Crippen LogP contribution is 2.31. The molecular formula is C9H9F3N2O2. The molecule has 0 bridgehead atoms. The SMILES string of the molecule is N[C@@H](CC(F)(F)F)c1ccccc1[N+](=O)[O-]. The molecule has 1 aromatic rings. The summed E-state index contributed by atoms with van der Waals surface area (Å²) in [5.74, 6) is 0. The molecule has 0 radical (unpaired) electrons. The Hall–Kier alpha value is -1.63. The molecule has 88 valence electrons. The lowest BCUT2D eigenvalue weighted by molar-refractivity contribution is -0.385. The summed E-state index contributed by atoms with van der Waals surface area (Å²) in [6, 6.07) is 3.74. The standard InChI is InChI=1S/C9H9F3N2O2/c10-9(11,12)5-7(13)6-3-1-2-4-8(6)14(15)16/h1-4,7H,5,13H2/t7-/m0/s1. The molecule has 2 N–H and O–H groups in total. The molecule has 7 heteroatoms. The van der Waals surface area contributed by atoms with E-state index in [4.69, 9.17) is 5.73 Å². The van der Waals surface area contributed by atoms with Gasteiger partial charge in [-0.3, -0.25) is 10.1 Å². The van der Waals surface area contributed by atoms with Crippen molar-refractivity contribution in [3.8, 4) is 0 Å². The van der Waals surface area contributed by atoms with Gasteiger partial charge in [0.1, 0.15) is 0 Å². The average Bonchev–Trinajstić information content (AvgIpc) is 2.15. The van der Waals surface area contributed by atoms with Crippen molar-refractivity contribution in [3.63, 3.8) is 0 Å². The molecular weight excluding hydrogens is 225 g/mol. The van der Waals surface area contributed by atoms with Crippen LogP contribution in [-0.4, -0.2) is 11.1 Å². The van der Waals surface area contributed by atoms with Crippen LogP contribution in [-0.2, 0) is 0 Å². The van der Waals surface area contributed by atoms with Gasteiger partial charge < -0.3 is 5.73 Å². The molecule has 1 aromatic carbocycles. The predicted octanol–water partition coefficient (Wildman–Crippen LogP) is 2.55. The smallest absolute Gasteiger partial charge is 0.323 e. The minimum atomic E-state index is -4.44. The van der Waals surface area contributed by atoms with Gasteiger partial charge in [0.05, 0.1) is 11.3 Å². The Morgan fingerprint density at radius 1 is 1.38 bits per heavy atom. The second kappa shape index (κ2) is 4.48. The van der Waals surface area contributed by atoms with E-state index in [1.807, 2.05) is 0 Å². The monoisotopic (exact) mass is 234 g/mol. The number of benzene rings is 1. The van der Waals surface area contributed by atoms with E-state index < -0.39 is 23.6 Å². The van der Waals surface area contributed by atoms with Crippen molar-refractivity contribution in [2.24, 2.45) is 5.73 Å². The van der Waals surface area contributed by atoms with Gasteiger partial charge in [0.2, 0.25) is 0 Å². The summed E-state index contributed by atoms with van der Waals surface area (Å²) in [5, 5.41) is 10.6. The summed E-state index contributed by atoms with van der Waals surface area (Å²) < 4.78 is 36.2. The molecule has 0 saturated heterocycles. The van der Waals surface area contributed by atoms with Gasteiger partial charge >= 0.3 is 6.18 Å². The van der Waals surface area contributed by atoms with E-state index in [0.29, 0.717) is 0 Å². The number of halogens is 3. The molecule has 1 rings (SSSR count). The van der Waals surface area contributed by atoms with Crippen LogP contribution in [0.25, 0.3) is 0 Å². The summed E-state index contributed by atoms with van der Waals surface area (Å²) in [6.45, 7) is 0. The van der Waals surface area contributed by atoms with Crippen molar-refractivity contribution in [2.45, 2.75) is 18.6 Å². The highest BCUT2D eigenvalue weighted by molar-refractivity contribution is 5.41. The molecule has 0 aromatic heterocycles. The van der Waals surface area contributed by atoms with Crippen molar-refractivity contribution in [3.05, 3.63) is 39.9 Å². The van der Waals surface area contributed by atoms with E-state index in [-0.39, 0.29) is 11.3 Å². The third kappa shape index (κ3) is 3.20. The summed E-state index contributed by atoms with van der Waals surface area (Å²) >= 11 is 0. The number of nitro groups is 1. The lowest BCUT2D eigenvalue weighted by Crippen LogP contribution is -2.21. The Balaban J connectivity index is 2.99. The Bertz CT molecular complexity index is 393. The first-order chi connectivity index (χ1) is 7.31. The van der Waals surface area contributed by atoms with Crippen molar-refractivity contribution in [1.29, 1.82) is 0 Å². The number of nitro benzene ring substituents is 1. The van der Waals surface area contributed by atoms with Gasteiger partial charge in [0.25, 0.3) is 5.69 Å². The quantitative estimate of drug-likeness (QED) is 0.645. The molecule has 0 aliphatic heterocycles. The van der Waals surface area contributed by atoms with E-state index in [1.54, 1.807) is 0 Å². The maximum absolute atomic E-state index is 12.1. The minimum Gasteiger partial charge on any atom is -0.323 e. The lowest BCUT2D eigenvalue weighted by atomic mass is 10.0. The second-order valence-corrected chi connectivity index (χ2v) is 3.24. The number of para-hydroxylation sites is 1. The van der Waals surface area contributed by atoms with Crippen LogP contribution in [0.5, 0.6) is 0 Å². The summed E-state index contributed by atoms with van der Waals surface area (Å²) in [7, 11) is 0. The lowest BCUT2D eigenvalue weighted by Gasteiger charge is -2.14. The number of hydrogen-bond donors (Lipinski definition) is 1. The van der Waals surface area contributed by atoms with E-state index in [9.17, 15) is 23.3 Å². The van der Waals surface area contributed by atoms with Crippen LogP contribution in [0.15, 0.2) is 24.3 Å². The zero-order valence-corrected chi connectivity index (χ0v) is 8.07. The van der Waals surface area contributed by atoms with Crippen LogP contribution in [0.3, 0.4) is 0 Å². The van der Waals surface area contributed by atoms with Crippen molar-refractivity contribution < 1.29 is 18.1 Å². The molecule has 16 heavy (non-hydrogen) atoms. The fourth-order valence-corrected chi connectivity index (χ4v) is 1.33. The number of nitrogens with two attached hydrogens (primary N) is 1. The van der Waals surface area contributed by atoms with Crippen LogP contribution >= 0.6 is 0 Å². The summed E-state index contributed by atoms with van der Waals surface area (Å²) in [4.78, 5) is 9.82. The third-order valence-electron chi connectivity index (χ3n) is 1.98. The normalized spacial score (nSPS) is 13.5. The van der Waals surface area contributed by atoms with Gasteiger partial charge in [0, 0.05) is 17.7 Å². The first-order valence-electron chi connectivity index (χ1n) is 4.37. The Morgan fingerprint density at radius 3 is 2.44 bits per heavy atom.